The van der Waals surface area contributed by atoms with Crippen molar-refractivity contribution in [2.45, 2.75) is 32.1 Å². The first-order valence-corrected chi connectivity index (χ1v) is 8.78. The second-order valence-corrected chi connectivity index (χ2v) is 6.80. The minimum absolute atomic E-state index is 0.153. The first-order valence-electron chi connectivity index (χ1n) is 6.94. The van der Waals surface area contributed by atoms with Gasteiger partial charge < -0.3 is 10.6 Å². The molecule has 2 atom stereocenters. The molecule has 2 unspecified atom stereocenters. The van der Waals surface area contributed by atoms with E-state index in [2.05, 4.69) is 59.8 Å². The first-order chi connectivity index (χ1) is 9.10. The average Bonchev–Trinajstić information content (AvgIpc) is 2.40. The molecule has 0 fully saturated rings. The van der Waals surface area contributed by atoms with Gasteiger partial charge in [-0.15, -0.1) is 0 Å². The lowest BCUT2D eigenvalue weighted by atomic mass is 10.1. The molecule has 4 heteroatoms. The van der Waals surface area contributed by atoms with Crippen LogP contribution in [0.2, 0.25) is 0 Å². The van der Waals surface area contributed by atoms with Crippen molar-refractivity contribution in [2.24, 2.45) is 5.73 Å². The molecule has 19 heavy (non-hydrogen) atoms. The van der Waals surface area contributed by atoms with Gasteiger partial charge in [-0.3, -0.25) is 0 Å². The van der Waals surface area contributed by atoms with Gasteiger partial charge in [0.1, 0.15) is 0 Å². The molecule has 0 heterocycles. The lowest BCUT2D eigenvalue weighted by Crippen LogP contribution is -2.27. The molecule has 0 aliphatic heterocycles. The fourth-order valence-corrected chi connectivity index (χ4v) is 4.07. The van der Waals surface area contributed by atoms with Crippen LogP contribution in [0.15, 0.2) is 28.7 Å². The van der Waals surface area contributed by atoms with E-state index in [1.807, 2.05) is 17.8 Å². The normalized spacial score (nSPS) is 14.6. The molecule has 108 valence electrons. The zero-order valence-corrected chi connectivity index (χ0v) is 14.5. The predicted molar refractivity (Wildman–Crippen MR) is 90.8 cm³/mol. The van der Waals surface area contributed by atoms with Crippen LogP contribution in [-0.2, 0) is 0 Å². The SMILES string of the molecule is CCN(CC)CCSC(c1ccccc1Br)C(C)N. The van der Waals surface area contributed by atoms with Crippen LogP contribution in [0.5, 0.6) is 0 Å². The second kappa shape index (κ2) is 9.01. The Morgan fingerprint density at radius 3 is 2.42 bits per heavy atom. The lowest BCUT2D eigenvalue weighted by molar-refractivity contribution is 0.323. The Morgan fingerprint density at radius 1 is 1.26 bits per heavy atom. The van der Waals surface area contributed by atoms with Gasteiger partial charge in [-0.1, -0.05) is 48.0 Å². The number of nitrogens with two attached hydrogens (primary N) is 1. The summed E-state index contributed by atoms with van der Waals surface area (Å²) in [7, 11) is 0. The van der Waals surface area contributed by atoms with Crippen molar-refractivity contribution >= 4 is 27.7 Å². The van der Waals surface area contributed by atoms with E-state index in [0.717, 1.165) is 29.9 Å². The number of nitrogens with zero attached hydrogens (tertiary/aromatic N) is 1. The molecule has 0 spiro atoms. The summed E-state index contributed by atoms with van der Waals surface area (Å²) in [5.74, 6) is 1.12. The van der Waals surface area contributed by atoms with E-state index in [-0.39, 0.29) is 6.04 Å². The number of hydrogen-bond donors (Lipinski definition) is 1. The van der Waals surface area contributed by atoms with E-state index in [9.17, 15) is 0 Å². The smallest absolute Gasteiger partial charge is 0.0457 e. The Balaban J connectivity index is 2.62. The number of hydrogen-bond acceptors (Lipinski definition) is 3. The minimum Gasteiger partial charge on any atom is -0.327 e. The van der Waals surface area contributed by atoms with E-state index in [1.54, 1.807) is 0 Å². The van der Waals surface area contributed by atoms with Crippen molar-refractivity contribution in [3.8, 4) is 0 Å². The van der Waals surface area contributed by atoms with Gasteiger partial charge in [0.05, 0.1) is 0 Å². The second-order valence-electron chi connectivity index (χ2n) is 4.70. The zero-order chi connectivity index (χ0) is 14.3. The molecule has 0 bridgehead atoms. The largest absolute Gasteiger partial charge is 0.327 e. The maximum absolute atomic E-state index is 6.16. The Morgan fingerprint density at radius 2 is 1.89 bits per heavy atom. The molecule has 0 saturated carbocycles. The van der Waals surface area contributed by atoms with E-state index < -0.39 is 0 Å². The average molecular weight is 345 g/mol. The lowest BCUT2D eigenvalue weighted by Gasteiger charge is -2.24. The van der Waals surface area contributed by atoms with Crippen LogP contribution < -0.4 is 5.73 Å². The third kappa shape index (κ3) is 5.46. The van der Waals surface area contributed by atoms with Crippen LogP contribution in [-0.4, -0.2) is 36.3 Å². The molecule has 0 aliphatic carbocycles. The zero-order valence-electron chi connectivity index (χ0n) is 12.1. The van der Waals surface area contributed by atoms with Crippen LogP contribution in [0.3, 0.4) is 0 Å². The third-order valence-corrected chi connectivity index (χ3v) is 5.47. The topological polar surface area (TPSA) is 29.3 Å². The van der Waals surface area contributed by atoms with Gasteiger partial charge in [-0.2, -0.15) is 11.8 Å². The quantitative estimate of drug-likeness (QED) is 0.775. The highest BCUT2D eigenvalue weighted by Crippen LogP contribution is 2.35. The van der Waals surface area contributed by atoms with Crippen molar-refractivity contribution in [1.29, 1.82) is 0 Å². The minimum atomic E-state index is 0.153. The van der Waals surface area contributed by atoms with Gasteiger partial charge in [0.25, 0.3) is 0 Å². The summed E-state index contributed by atoms with van der Waals surface area (Å²) < 4.78 is 1.16. The maximum Gasteiger partial charge on any atom is 0.0457 e. The van der Waals surface area contributed by atoms with Crippen LogP contribution in [0.1, 0.15) is 31.6 Å². The van der Waals surface area contributed by atoms with Crippen molar-refractivity contribution in [2.75, 3.05) is 25.4 Å². The highest BCUT2D eigenvalue weighted by Gasteiger charge is 2.19. The van der Waals surface area contributed by atoms with Crippen molar-refractivity contribution in [1.82, 2.24) is 4.90 Å². The van der Waals surface area contributed by atoms with Gasteiger partial charge in [-0.25, -0.2) is 0 Å². The Labute approximate surface area is 130 Å². The summed E-state index contributed by atoms with van der Waals surface area (Å²) in [6.45, 7) is 9.89. The van der Waals surface area contributed by atoms with Crippen molar-refractivity contribution < 1.29 is 0 Å². The molecule has 0 radical (unpaired) electrons. The first kappa shape index (κ1) is 17.0. The summed E-state index contributed by atoms with van der Waals surface area (Å²) >= 11 is 5.59. The number of benzene rings is 1. The molecular weight excluding hydrogens is 320 g/mol. The number of thioether (sulfide) groups is 1. The highest BCUT2D eigenvalue weighted by atomic mass is 79.9. The van der Waals surface area contributed by atoms with Crippen LogP contribution in [0.25, 0.3) is 0 Å². The van der Waals surface area contributed by atoms with Gasteiger partial charge in [0.15, 0.2) is 0 Å². The number of halogens is 1. The van der Waals surface area contributed by atoms with E-state index in [1.165, 1.54) is 5.56 Å². The van der Waals surface area contributed by atoms with Crippen molar-refractivity contribution in [3.63, 3.8) is 0 Å². The molecular formula is C15H25BrN2S. The molecule has 0 saturated heterocycles. The summed E-state index contributed by atoms with van der Waals surface area (Å²) in [5.41, 5.74) is 7.47. The van der Waals surface area contributed by atoms with Crippen LogP contribution in [0, 0.1) is 0 Å². The standard InChI is InChI=1S/C15H25BrN2S/c1-4-18(5-2)10-11-19-15(12(3)17)13-8-6-7-9-14(13)16/h6-9,12,15H,4-5,10-11,17H2,1-3H3. The van der Waals surface area contributed by atoms with Crippen molar-refractivity contribution in [3.05, 3.63) is 34.3 Å². The summed E-state index contributed by atoms with van der Waals surface area (Å²) in [6.07, 6.45) is 0. The molecule has 0 aromatic heterocycles. The number of rotatable bonds is 8. The molecule has 0 aliphatic rings. The van der Waals surface area contributed by atoms with Gasteiger partial charge in [0, 0.05) is 28.1 Å². The van der Waals surface area contributed by atoms with Gasteiger partial charge in [0.2, 0.25) is 0 Å². The molecule has 1 rings (SSSR count). The monoisotopic (exact) mass is 344 g/mol. The molecule has 2 N–H and O–H groups in total. The van der Waals surface area contributed by atoms with E-state index >= 15 is 0 Å². The van der Waals surface area contributed by atoms with Crippen LogP contribution in [0.4, 0.5) is 0 Å². The summed E-state index contributed by atoms with van der Waals surface area (Å²) in [6, 6.07) is 8.55. The van der Waals surface area contributed by atoms with Crippen LogP contribution >= 0.6 is 27.7 Å². The maximum atomic E-state index is 6.16. The van der Waals surface area contributed by atoms with Gasteiger partial charge in [-0.05, 0) is 31.6 Å². The van der Waals surface area contributed by atoms with E-state index in [0.29, 0.717) is 5.25 Å². The Hall–Kier alpha value is -0.0300. The molecule has 2 nitrogen and oxygen atoms in total. The van der Waals surface area contributed by atoms with E-state index in [4.69, 9.17) is 5.73 Å². The summed E-state index contributed by atoms with van der Waals surface area (Å²) in [5, 5.41) is 0.353. The molecule has 1 aromatic rings. The highest BCUT2D eigenvalue weighted by molar-refractivity contribution is 9.10. The summed E-state index contributed by atoms with van der Waals surface area (Å²) in [4.78, 5) is 2.45. The fourth-order valence-electron chi connectivity index (χ4n) is 2.08. The fraction of sp³-hybridized carbons (Fsp3) is 0.600. The predicted octanol–water partition coefficient (Wildman–Crippen LogP) is 3.91. The molecule has 1 aromatic carbocycles. The van der Waals surface area contributed by atoms with Gasteiger partial charge >= 0.3 is 0 Å². The Bertz CT molecular complexity index is 367. The Kier molecular flexibility index (Phi) is 8.07. The third-order valence-electron chi connectivity index (χ3n) is 3.29. The molecule has 0 amide bonds.